The van der Waals surface area contributed by atoms with Crippen molar-refractivity contribution < 1.29 is 14.0 Å². The van der Waals surface area contributed by atoms with E-state index in [1.807, 2.05) is 6.92 Å². The van der Waals surface area contributed by atoms with Crippen molar-refractivity contribution in [2.75, 3.05) is 26.2 Å². The number of piperazine rings is 1. The summed E-state index contributed by atoms with van der Waals surface area (Å²) in [7, 11) is 0. The summed E-state index contributed by atoms with van der Waals surface area (Å²) >= 11 is 0. The number of rotatable bonds is 2. The molecule has 1 aromatic heterocycles. The molecular formula is C15H22ClN3O3. The van der Waals surface area contributed by atoms with E-state index in [0.29, 0.717) is 37.5 Å². The fraction of sp³-hybridized carbons (Fsp3) is 0.600. The fourth-order valence-electron chi connectivity index (χ4n) is 2.79. The molecule has 1 aliphatic carbocycles. The van der Waals surface area contributed by atoms with E-state index >= 15 is 0 Å². The summed E-state index contributed by atoms with van der Waals surface area (Å²) in [6, 6.07) is 1.77. The molecule has 0 spiro atoms. The van der Waals surface area contributed by atoms with Crippen LogP contribution in [0.4, 0.5) is 0 Å². The number of furan rings is 1. The van der Waals surface area contributed by atoms with E-state index in [2.05, 4.69) is 0 Å². The molecule has 6 nitrogen and oxygen atoms in total. The van der Waals surface area contributed by atoms with Gasteiger partial charge in [0.2, 0.25) is 5.91 Å². The number of halogens is 1. The minimum absolute atomic E-state index is 0. The highest BCUT2D eigenvalue weighted by Gasteiger charge is 2.48. The fourth-order valence-corrected chi connectivity index (χ4v) is 2.79. The van der Waals surface area contributed by atoms with Crippen molar-refractivity contribution in [1.82, 2.24) is 9.80 Å². The average Bonchev–Trinajstić information content (AvgIpc) is 3.13. The smallest absolute Gasteiger partial charge is 0.257 e. The van der Waals surface area contributed by atoms with Gasteiger partial charge in [0.15, 0.2) is 0 Å². The molecular weight excluding hydrogens is 306 g/mol. The molecule has 1 saturated heterocycles. The molecule has 2 fully saturated rings. The number of aryl methyl sites for hydroxylation is 2. The first kappa shape index (κ1) is 16.8. The summed E-state index contributed by atoms with van der Waals surface area (Å²) in [6.07, 6.45) is 1.55. The second kappa shape index (κ2) is 5.93. The third kappa shape index (κ3) is 2.98. The maximum atomic E-state index is 12.5. The van der Waals surface area contributed by atoms with Gasteiger partial charge in [-0.1, -0.05) is 0 Å². The Morgan fingerprint density at radius 3 is 2.14 bits per heavy atom. The Labute approximate surface area is 136 Å². The van der Waals surface area contributed by atoms with Crippen LogP contribution in [0.15, 0.2) is 10.5 Å². The number of hydrogen-bond donors (Lipinski definition) is 1. The molecule has 2 aliphatic rings. The zero-order chi connectivity index (χ0) is 15.2. The van der Waals surface area contributed by atoms with Gasteiger partial charge < -0.3 is 20.0 Å². The topological polar surface area (TPSA) is 79.8 Å². The highest BCUT2D eigenvalue weighted by Crippen LogP contribution is 2.34. The quantitative estimate of drug-likeness (QED) is 0.882. The monoisotopic (exact) mass is 327 g/mol. The van der Waals surface area contributed by atoms with Crippen molar-refractivity contribution in [1.29, 1.82) is 0 Å². The Kier molecular flexibility index (Phi) is 4.54. The van der Waals surface area contributed by atoms with Crippen LogP contribution in [0.1, 0.15) is 34.7 Å². The molecule has 7 heteroatoms. The van der Waals surface area contributed by atoms with Crippen molar-refractivity contribution in [2.45, 2.75) is 32.2 Å². The van der Waals surface area contributed by atoms with Gasteiger partial charge >= 0.3 is 0 Å². The van der Waals surface area contributed by atoms with Gasteiger partial charge in [-0.3, -0.25) is 9.59 Å². The standard InChI is InChI=1S/C15H21N3O3.ClH/c1-10-9-12(11(2)21-10)13(19)17-5-7-18(8-6-17)14(20)15(16)3-4-15;/h9H,3-8,16H2,1-2H3;1H. The molecule has 1 aliphatic heterocycles. The van der Waals surface area contributed by atoms with Crippen LogP contribution in [0.2, 0.25) is 0 Å². The Morgan fingerprint density at radius 1 is 1.14 bits per heavy atom. The third-order valence-corrected chi connectivity index (χ3v) is 4.34. The highest BCUT2D eigenvalue weighted by atomic mass is 35.5. The Balaban J connectivity index is 0.00000176. The summed E-state index contributed by atoms with van der Waals surface area (Å²) in [5.41, 5.74) is 5.94. The Hall–Kier alpha value is -1.53. The second-order valence-corrected chi connectivity index (χ2v) is 6.07. The van der Waals surface area contributed by atoms with Crippen molar-refractivity contribution in [2.24, 2.45) is 5.73 Å². The second-order valence-electron chi connectivity index (χ2n) is 6.07. The lowest BCUT2D eigenvalue weighted by atomic mass is 10.1. The number of nitrogens with zero attached hydrogens (tertiary/aromatic N) is 2. The molecule has 0 aromatic carbocycles. The molecule has 122 valence electrons. The first-order chi connectivity index (χ1) is 9.90. The first-order valence-electron chi connectivity index (χ1n) is 7.35. The molecule has 2 N–H and O–H groups in total. The number of carbonyl (C=O) groups is 2. The van der Waals surface area contributed by atoms with E-state index in [4.69, 9.17) is 10.2 Å². The van der Waals surface area contributed by atoms with Crippen LogP contribution in [0, 0.1) is 13.8 Å². The molecule has 0 bridgehead atoms. The van der Waals surface area contributed by atoms with Crippen LogP contribution >= 0.6 is 12.4 Å². The zero-order valence-electron chi connectivity index (χ0n) is 12.9. The van der Waals surface area contributed by atoms with Crippen LogP contribution in [-0.2, 0) is 4.79 Å². The molecule has 1 saturated carbocycles. The highest BCUT2D eigenvalue weighted by molar-refractivity contribution is 5.95. The summed E-state index contributed by atoms with van der Waals surface area (Å²) < 4.78 is 5.41. The molecule has 3 rings (SSSR count). The van der Waals surface area contributed by atoms with Crippen molar-refractivity contribution in [3.05, 3.63) is 23.2 Å². The molecule has 22 heavy (non-hydrogen) atoms. The van der Waals surface area contributed by atoms with Crippen molar-refractivity contribution in [3.8, 4) is 0 Å². The van der Waals surface area contributed by atoms with E-state index in [1.54, 1.807) is 22.8 Å². The van der Waals surface area contributed by atoms with Crippen LogP contribution in [0.3, 0.4) is 0 Å². The molecule has 1 aromatic rings. The largest absolute Gasteiger partial charge is 0.466 e. The predicted octanol–water partition coefficient (Wildman–Crippen LogP) is 1.09. The van der Waals surface area contributed by atoms with Gasteiger partial charge in [0.05, 0.1) is 11.1 Å². The third-order valence-electron chi connectivity index (χ3n) is 4.34. The summed E-state index contributed by atoms with van der Waals surface area (Å²) in [4.78, 5) is 28.2. The number of carbonyl (C=O) groups excluding carboxylic acids is 2. The van der Waals surface area contributed by atoms with Gasteiger partial charge in [-0.05, 0) is 32.8 Å². The minimum Gasteiger partial charge on any atom is -0.466 e. The minimum atomic E-state index is -0.621. The van der Waals surface area contributed by atoms with E-state index in [-0.39, 0.29) is 24.2 Å². The van der Waals surface area contributed by atoms with Gasteiger partial charge in [-0.25, -0.2) is 0 Å². The van der Waals surface area contributed by atoms with Crippen LogP contribution in [-0.4, -0.2) is 53.3 Å². The van der Waals surface area contributed by atoms with Gasteiger partial charge in [0.25, 0.3) is 5.91 Å². The number of nitrogens with two attached hydrogens (primary N) is 1. The maximum Gasteiger partial charge on any atom is 0.257 e. The van der Waals surface area contributed by atoms with E-state index < -0.39 is 5.54 Å². The zero-order valence-corrected chi connectivity index (χ0v) is 13.7. The molecule has 0 atom stereocenters. The Bertz CT molecular complexity index is 587. The van der Waals surface area contributed by atoms with Gasteiger partial charge in [-0.15, -0.1) is 12.4 Å². The summed E-state index contributed by atoms with van der Waals surface area (Å²) in [5.74, 6) is 1.40. The van der Waals surface area contributed by atoms with E-state index in [0.717, 1.165) is 18.6 Å². The lowest BCUT2D eigenvalue weighted by Crippen LogP contribution is -2.55. The average molecular weight is 328 g/mol. The van der Waals surface area contributed by atoms with Gasteiger partial charge in [-0.2, -0.15) is 0 Å². The lowest BCUT2D eigenvalue weighted by Gasteiger charge is -2.36. The van der Waals surface area contributed by atoms with Crippen molar-refractivity contribution >= 4 is 24.2 Å². The number of hydrogen-bond acceptors (Lipinski definition) is 4. The number of amides is 2. The van der Waals surface area contributed by atoms with Crippen LogP contribution < -0.4 is 5.73 Å². The lowest BCUT2D eigenvalue weighted by molar-refractivity contribution is -0.135. The molecule has 0 unspecified atom stereocenters. The van der Waals surface area contributed by atoms with Crippen molar-refractivity contribution in [3.63, 3.8) is 0 Å². The molecule has 2 heterocycles. The maximum absolute atomic E-state index is 12.5. The SMILES string of the molecule is Cc1cc(C(=O)N2CCN(C(=O)C3(N)CC3)CC2)c(C)o1.Cl. The molecule has 0 radical (unpaired) electrons. The summed E-state index contributed by atoms with van der Waals surface area (Å²) in [6.45, 7) is 5.83. The predicted molar refractivity (Wildman–Crippen MR) is 84.1 cm³/mol. The van der Waals surface area contributed by atoms with Gasteiger partial charge in [0.1, 0.15) is 11.5 Å². The molecule has 2 amide bonds. The van der Waals surface area contributed by atoms with Gasteiger partial charge in [0, 0.05) is 26.2 Å². The summed E-state index contributed by atoms with van der Waals surface area (Å²) in [5, 5.41) is 0. The van der Waals surface area contributed by atoms with E-state index in [1.165, 1.54) is 0 Å². The Morgan fingerprint density at radius 2 is 1.68 bits per heavy atom. The van der Waals surface area contributed by atoms with Crippen LogP contribution in [0.25, 0.3) is 0 Å². The van der Waals surface area contributed by atoms with E-state index in [9.17, 15) is 9.59 Å². The van der Waals surface area contributed by atoms with Crippen LogP contribution in [0.5, 0.6) is 0 Å². The normalized spacial score (nSPS) is 19.6. The first-order valence-corrected chi connectivity index (χ1v) is 7.35.